The van der Waals surface area contributed by atoms with Gasteiger partial charge in [0.05, 0.1) is 12.4 Å². The fourth-order valence-electron chi connectivity index (χ4n) is 1.27. The smallest absolute Gasteiger partial charge is 0.0946 e. The van der Waals surface area contributed by atoms with Gasteiger partial charge in [0.1, 0.15) is 0 Å². The van der Waals surface area contributed by atoms with Gasteiger partial charge < -0.3 is 14.6 Å². The third-order valence-electron chi connectivity index (χ3n) is 2.06. The van der Waals surface area contributed by atoms with Gasteiger partial charge in [0.2, 0.25) is 0 Å². The SMILES string of the molecule is CC(C)OCCCNCCn1ccnc1. The van der Waals surface area contributed by atoms with Gasteiger partial charge in [0.25, 0.3) is 0 Å². The van der Waals surface area contributed by atoms with E-state index in [1.54, 1.807) is 6.20 Å². The van der Waals surface area contributed by atoms with Crippen LogP contribution >= 0.6 is 0 Å². The van der Waals surface area contributed by atoms with Gasteiger partial charge in [-0.25, -0.2) is 4.98 Å². The molecule has 0 aromatic carbocycles. The van der Waals surface area contributed by atoms with Crippen LogP contribution in [0.3, 0.4) is 0 Å². The molecule has 1 aromatic heterocycles. The predicted molar refractivity (Wildman–Crippen MR) is 60.8 cm³/mol. The van der Waals surface area contributed by atoms with E-state index in [0.29, 0.717) is 6.10 Å². The van der Waals surface area contributed by atoms with Crippen molar-refractivity contribution in [1.82, 2.24) is 14.9 Å². The maximum absolute atomic E-state index is 5.44. The van der Waals surface area contributed by atoms with Gasteiger partial charge in [-0.05, 0) is 26.8 Å². The van der Waals surface area contributed by atoms with E-state index < -0.39 is 0 Å². The van der Waals surface area contributed by atoms with Crippen molar-refractivity contribution >= 4 is 0 Å². The minimum Gasteiger partial charge on any atom is -0.379 e. The first-order valence-corrected chi connectivity index (χ1v) is 5.57. The first kappa shape index (κ1) is 12.2. The van der Waals surface area contributed by atoms with Crippen molar-refractivity contribution in [2.75, 3.05) is 19.7 Å². The number of nitrogens with zero attached hydrogens (tertiary/aromatic N) is 2. The van der Waals surface area contributed by atoms with Crippen LogP contribution in [0.15, 0.2) is 18.7 Å². The number of hydrogen-bond acceptors (Lipinski definition) is 3. The van der Waals surface area contributed by atoms with Crippen molar-refractivity contribution in [3.05, 3.63) is 18.7 Å². The minimum atomic E-state index is 0.343. The molecule has 0 fully saturated rings. The van der Waals surface area contributed by atoms with Crippen molar-refractivity contribution in [3.8, 4) is 0 Å². The normalized spacial score (nSPS) is 11.1. The molecule has 0 aliphatic heterocycles. The van der Waals surface area contributed by atoms with Crippen LogP contribution < -0.4 is 5.32 Å². The second kappa shape index (κ2) is 7.43. The summed E-state index contributed by atoms with van der Waals surface area (Å²) in [5.74, 6) is 0. The van der Waals surface area contributed by atoms with Gasteiger partial charge in [-0.1, -0.05) is 0 Å². The van der Waals surface area contributed by atoms with Gasteiger partial charge in [0, 0.05) is 32.1 Å². The summed E-state index contributed by atoms with van der Waals surface area (Å²) in [6.45, 7) is 7.94. The van der Waals surface area contributed by atoms with Gasteiger partial charge >= 0.3 is 0 Å². The fraction of sp³-hybridized carbons (Fsp3) is 0.727. The Morgan fingerprint density at radius 3 is 2.93 bits per heavy atom. The molecular formula is C11H21N3O. The maximum atomic E-state index is 5.44. The molecule has 1 N–H and O–H groups in total. The number of nitrogens with one attached hydrogen (secondary N) is 1. The van der Waals surface area contributed by atoms with Crippen LogP contribution in [-0.2, 0) is 11.3 Å². The summed E-state index contributed by atoms with van der Waals surface area (Å²) < 4.78 is 7.51. The summed E-state index contributed by atoms with van der Waals surface area (Å²) in [4.78, 5) is 3.99. The van der Waals surface area contributed by atoms with Crippen molar-refractivity contribution in [3.63, 3.8) is 0 Å². The van der Waals surface area contributed by atoms with E-state index in [1.165, 1.54) is 0 Å². The zero-order valence-corrected chi connectivity index (χ0v) is 9.65. The van der Waals surface area contributed by atoms with Crippen molar-refractivity contribution in [2.24, 2.45) is 0 Å². The second-order valence-electron chi connectivity index (χ2n) is 3.82. The van der Waals surface area contributed by atoms with E-state index in [4.69, 9.17) is 4.74 Å². The van der Waals surface area contributed by atoms with Crippen molar-refractivity contribution in [1.29, 1.82) is 0 Å². The van der Waals surface area contributed by atoms with Gasteiger partial charge in [-0.15, -0.1) is 0 Å². The molecule has 0 aliphatic rings. The second-order valence-corrected chi connectivity index (χ2v) is 3.82. The van der Waals surface area contributed by atoms with E-state index in [1.807, 2.05) is 12.5 Å². The Balaban J connectivity index is 1.85. The van der Waals surface area contributed by atoms with Crippen LogP contribution in [0.1, 0.15) is 20.3 Å². The number of hydrogen-bond donors (Lipinski definition) is 1. The monoisotopic (exact) mass is 211 g/mol. The highest BCUT2D eigenvalue weighted by Crippen LogP contribution is 1.89. The summed E-state index contributed by atoms with van der Waals surface area (Å²) >= 11 is 0. The molecule has 1 heterocycles. The van der Waals surface area contributed by atoms with E-state index >= 15 is 0 Å². The van der Waals surface area contributed by atoms with Crippen LogP contribution in [0.5, 0.6) is 0 Å². The predicted octanol–water partition coefficient (Wildman–Crippen LogP) is 1.29. The lowest BCUT2D eigenvalue weighted by molar-refractivity contribution is 0.0771. The lowest BCUT2D eigenvalue weighted by Gasteiger charge is -2.08. The number of ether oxygens (including phenoxy) is 1. The summed E-state index contributed by atoms with van der Waals surface area (Å²) in [6.07, 6.45) is 7.03. The lowest BCUT2D eigenvalue weighted by atomic mass is 10.4. The molecule has 0 unspecified atom stereocenters. The van der Waals surface area contributed by atoms with Gasteiger partial charge in [0.15, 0.2) is 0 Å². The average molecular weight is 211 g/mol. The van der Waals surface area contributed by atoms with E-state index in [0.717, 1.165) is 32.7 Å². The first-order valence-electron chi connectivity index (χ1n) is 5.57. The Labute approximate surface area is 91.7 Å². The molecule has 0 amide bonds. The molecule has 0 bridgehead atoms. The summed E-state index contributed by atoms with van der Waals surface area (Å²) in [5, 5.41) is 3.37. The Morgan fingerprint density at radius 1 is 1.40 bits per heavy atom. The number of imidazole rings is 1. The molecule has 0 radical (unpaired) electrons. The summed E-state index contributed by atoms with van der Waals surface area (Å²) in [7, 11) is 0. The van der Waals surface area contributed by atoms with Crippen molar-refractivity contribution < 1.29 is 4.74 Å². The third kappa shape index (κ3) is 6.25. The number of rotatable bonds is 8. The minimum absolute atomic E-state index is 0.343. The average Bonchev–Trinajstić information content (AvgIpc) is 2.68. The molecule has 86 valence electrons. The quantitative estimate of drug-likeness (QED) is 0.659. The van der Waals surface area contributed by atoms with Gasteiger partial charge in [-0.3, -0.25) is 0 Å². The zero-order valence-electron chi connectivity index (χ0n) is 9.65. The Bertz CT molecular complexity index is 234. The highest BCUT2D eigenvalue weighted by Gasteiger charge is 1.93. The molecule has 4 heteroatoms. The maximum Gasteiger partial charge on any atom is 0.0946 e. The standard InChI is InChI=1S/C11H21N3O/c1-11(2)15-9-3-4-12-5-7-14-8-6-13-10-14/h6,8,10-12H,3-5,7,9H2,1-2H3. The van der Waals surface area contributed by atoms with Crippen LogP contribution in [0.4, 0.5) is 0 Å². The van der Waals surface area contributed by atoms with E-state index in [9.17, 15) is 0 Å². The number of aromatic nitrogens is 2. The van der Waals surface area contributed by atoms with E-state index in [2.05, 4.69) is 28.7 Å². The van der Waals surface area contributed by atoms with Crippen LogP contribution in [-0.4, -0.2) is 35.4 Å². The Kier molecular flexibility index (Phi) is 6.04. The van der Waals surface area contributed by atoms with Crippen LogP contribution in [0.2, 0.25) is 0 Å². The Morgan fingerprint density at radius 2 is 2.27 bits per heavy atom. The van der Waals surface area contributed by atoms with Crippen LogP contribution in [0.25, 0.3) is 0 Å². The lowest BCUT2D eigenvalue weighted by Crippen LogP contribution is -2.22. The first-order chi connectivity index (χ1) is 7.29. The third-order valence-corrected chi connectivity index (χ3v) is 2.06. The molecule has 0 saturated heterocycles. The van der Waals surface area contributed by atoms with Crippen molar-refractivity contribution in [2.45, 2.75) is 32.9 Å². The van der Waals surface area contributed by atoms with E-state index in [-0.39, 0.29) is 0 Å². The molecule has 0 aliphatic carbocycles. The Hall–Kier alpha value is -0.870. The molecule has 0 atom stereocenters. The van der Waals surface area contributed by atoms with Crippen LogP contribution in [0, 0.1) is 0 Å². The molecule has 0 spiro atoms. The summed E-state index contributed by atoms with van der Waals surface area (Å²) in [6, 6.07) is 0. The topological polar surface area (TPSA) is 39.1 Å². The fourth-order valence-corrected chi connectivity index (χ4v) is 1.27. The highest BCUT2D eigenvalue weighted by atomic mass is 16.5. The molecule has 1 aromatic rings. The zero-order chi connectivity index (χ0) is 10.9. The molecule has 4 nitrogen and oxygen atoms in total. The molecular weight excluding hydrogens is 190 g/mol. The molecule has 15 heavy (non-hydrogen) atoms. The molecule has 0 saturated carbocycles. The van der Waals surface area contributed by atoms with Gasteiger partial charge in [-0.2, -0.15) is 0 Å². The summed E-state index contributed by atoms with van der Waals surface area (Å²) in [5.41, 5.74) is 0. The largest absolute Gasteiger partial charge is 0.379 e. The molecule has 1 rings (SSSR count). The highest BCUT2D eigenvalue weighted by molar-refractivity contribution is 4.74.